The fraction of sp³-hybridized carbons (Fsp3) is 0.529. The van der Waals surface area contributed by atoms with Gasteiger partial charge in [0.1, 0.15) is 11.5 Å². The van der Waals surface area contributed by atoms with Crippen LogP contribution in [-0.4, -0.2) is 37.5 Å². The average Bonchev–Trinajstić information content (AvgIpc) is 3.15. The third-order valence-electron chi connectivity index (χ3n) is 4.26. The number of hydrogen-bond donors (Lipinski definition) is 1. The Morgan fingerprint density at radius 1 is 1.39 bits per heavy atom. The summed E-state index contributed by atoms with van der Waals surface area (Å²) in [6.45, 7) is 8.89. The molecule has 0 aliphatic carbocycles. The smallest absolute Gasteiger partial charge is 0.274 e. The van der Waals surface area contributed by atoms with Crippen molar-refractivity contribution in [3.8, 4) is 0 Å². The van der Waals surface area contributed by atoms with Gasteiger partial charge in [0.25, 0.3) is 5.91 Å². The number of nitrogens with one attached hydrogen (secondary N) is 1. The van der Waals surface area contributed by atoms with Crippen LogP contribution in [0, 0.1) is 6.92 Å². The molecule has 1 aliphatic rings. The van der Waals surface area contributed by atoms with Crippen LogP contribution in [0.15, 0.2) is 18.3 Å². The van der Waals surface area contributed by atoms with Crippen molar-refractivity contribution < 1.29 is 4.79 Å². The number of carbonyl (C=O) groups excluding carboxylic acids is 1. The van der Waals surface area contributed by atoms with Gasteiger partial charge in [-0.2, -0.15) is 5.10 Å². The highest BCUT2D eigenvalue weighted by atomic mass is 16.2. The molecule has 1 aliphatic heterocycles. The maximum Gasteiger partial charge on any atom is 0.274 e. The number of rotatable bonds is 2. The molecule has 0 radical (unpaired) electrons. The van der Waals surface area contributed by atoms with E-state index in [9.17, 15) is 4.79 Å². The number of H-pyrrole nitrogens is 1. The maximum absolute atomic E-state index is 12.9. The molecule has 6 nitrogen and oxygen atoms in total. The molecule has 1 saturated heterocycles. The highest BCUT2D eigenvalue weighted by molar-refractivity contribution is 5.92. The van der Waals surface area contributed by atoms with E-state index in [1.807, 2.05) is 24.0 Å². The summed E-state index contributed by atoms with van der Waals surface area (Å²) >= 11 is 0. The number of likely N-dealkylation sites (tertiary alicyclic amines) is 1. The van der Waals surface area contributed by atoms with Crippen LogP contribution in [0.2, 0.25) is 0 Å². The molecule has 3 rings (SSSR count). The first-order chi connectivity index (χ1) is 10.9. The summed E-state index contributed by atoms with van der Waals surface area (Å²) in [6, 6.07) is 3.77. The molecule has 1 unspecified atom stereocenters. The van der Waals surface area contributed by atoms with E-state index in [0.717, 1.165) is 36.6 Å². The van der Waals surface area contributed by atoms with Crippen molar-refractivity contribution in [3.63, 3.8) is 0 Å². The van der Waals surface area contributed by atoms with Gasteiger partial charge in [0.15, 0.2) is 0 Å². The van der Waals surface area contributed by atoms with E-state index in [1.165, 1.54) is 0 Å². The number of aromatic nitrogens is 4. The molecule has 0 bridgehead atoms. The molecular formula is C17H23N5O. The van der Waals surface area contributed by atoms with Crippen LogP contribution in [0.1, 0.15) is 67.4 Å². The van der Waals surface area contributed by atoms with Crippen molar-refractivity contribution in [2.75, 3.05) is 6.54 Å². The first kappa shape index (κ1) is 15.6. The minimum Gasteiger partial charge on any atom is -0.329 e. The molecule has 2 aromatic heterocycles. The van der Waals surface area contributed by atoms with Crippen LogP contribution in [0.4, 0.5) is 0 Å². The Labute approximate surface area is 136 Å². The molecule has 2 aromatic rings. The fourth-order valence-electron chi connectivity index (χ4n) is 2.94. The summed E-state index contributed by atoms with van der Waals surface area (Å²) in [5.41, 5.74) is 2.30. The number of carbonyl (C=O) groups is 1. The van der Waals surface area contributed by atoms with Crippen molar-refractivity contribution in [3.05, 3.63) is 41.2 Å². The van der Waals surface area contributed by atoms with Crippen LogP contribution in [0.3, 0.4) is 0 Å². The number of aryl methyl sites for hydroxylation is 1. The molecule has 23 heavy (non-hydrogen) atoms. The fourth-order valence-corrected chi connectivity index (χ4v) is 2.94. The predicted molar refractivity (Wildman–Crippen MR) is 87.1 cm³/mol. The van der Waals surface area contributed by atoms with Crippen LogP contribution in [0.25, 0.3) is 0 Å². The molecule has 1 fully saturated rings. The van der Waals surface area contributed by atoms with Crippen molar-refractivity contribution in [2.24, 2.45) is 0 Å². The standard InChI is InChI=1S/C17H23N5O/c1-11-18-8-7-12(19-11)14-6-5-9-22(14)16(23)13-10-15(21-20-13)17(2,3)4/h7-8,10,14H,5-6,9H2,1-4H3,(H,20,21). The minimum atomic E-state index is -0.0558. The molecule has 1 atom stereocenters. The van der Waals surface area contributed by atoms with E-state index >= 15 is 0 Å². The van der Waals surface area contributed by atoms with E-state index in [2.05, 4.69) is 40.9 Å². The molecule has 122 valence electrons. The average molecular weight is 313 g/mol. The zero-order valence-electron chi connectivity index (χ0n) is 14.1. The Balaban J connectivity index is 1.85. The first-order valence-electron chi connectivity index (χ1n) is 8.02. The van der Waals surface area contributed by atoms with E-state index in [1.54, 1.807) is 6.20 Å². The van der Waals surface area contributed by atoms with Gasteiger partial charge in [-0.05, 0) is 31.9 Å². The van der Waals surface area contributed by atoms with E-state index in [4.69, 9.17) is 0 Å². The summed E-state index contributed by atoms with van der Waals surface area (Å²) < 4.78 is 0. The van der Waals surface area contributed by atoms with Gasteiger partial charge in [-0.15, -0.1) is 0 Å². The predicted octanol–water partition coefficient (Wildman–Crippen LogP) is 2.78. The zero-order valence-corrected chi connectivity index (χ0v) is 14.1. The summed E-state index contributed by atoms with van der Waals surface area (Å²) in [4.78, 5) is 23.4. The zero-order chi connectivity index (χ0) is 16.6. The summed E-state index contributed by atoms with van der Waals surface area (Å²) in [5.74, 6) is 0.701. The maximum atomic E-state index is 12.9. The lowest BCUT2D eigenvalue weighted by Gasteiger charge is -2.23. The van der Waals surface area contributed by atoms with Crippen molar-refractivity contribution in [1.29, 1.82) is 0 Å². The van der Waals surface area contributed by atoms with Gasteiger partial charge in [-0.25, -0.2) is 9.97 Å². The lowest BCUT2D eigenvalue weighted by molar-refractivity contribution is 0.0726. The Kier molecular flexibility index (Phi) is 3.92. The van der Waals surface area contributed by atoms with Crippen LogP contribution < -0.4 is 0 Å². The molecular weight excluding hydrogens is 290 g/mol. The summed E-state index contributed by atoms with van der Waals surface area (Å²) in [5, 5.41) is 7.21. The number of nitrogens with zero attached hydrogens (tertiary/aromatic N) is 4. The molecule has 0 aromatic carbocycles. The van der Waals surface area contributed by atoms with E-state index in [-0.39, 0.29) is 17.4 Å². The summed E-state index contributed by atoms with van der Waals surface area (Å²) in [6.07, 6.45) is 3.67. The monoisotopic (exact) mass is 313 g/mol. The Hall–Kier alpha value is -2.24. The largest absolute Gasteiger partial charge is 0.329 e. The second-order valence-electron chi connectivity index (χ2n) is 7.10. The van der Waals surface area contributed by atoms with Gasteiger partial charge in [0.2, 0.25) is 0 Å². The molecule has 0 spiro atoms. The third kappa shape index (κ3) is 3.11. The summed E-state index contributed by atoms with van der Waals surface area (Å²) in [7, 11) is 0. The van der Waals surface area contributed by atoms with Crippen LogP contribution in [0.5, 0.6) is 0 Å². The van der Waals surface area contributed by atoms with Gasteiger partial charge >= 0.3 is 0 Å². The quantitative estimate of drug-likeness (QED) is 0.925. The topological polar surface area (TPSA) is 74.8 Å². The van der Waals surface area contributed by atoms with Crippen LogP contribution in [-0.2, 0) is 5.41 Å². The molecule has 3 heterocycles. The van der Waals surface area contributed by atoms with Gasteiger partial charge in [0, 0.05) is 23.9 Å². The SMILES string of the molecule is Cc1nccc(C2CCCN2C(=O)c2cc(C(C)(C)C)[nH]n2)n1. The Morgan fingerprint density at radius 2 is 2.17 bits per heavy atom. The molecule has 0 saturated carbocycles. The number of aromatic amines is 1. The van der Waals surface area contributed by atoms with Crippen molar-refractivity contribution >= 4 is 5.91 Å². The minimum absolute atomic E-state index is 0.0130. The number of hydrogen-bond acceptors (Lipinski definition) is 4. The highest BCUT2D eigenvalue weighted by Gasteiger charge is 2.33. The van der Waals surface area contributed by atoms with Crippen molar-refractivity contribution in [2.45, 2.75) is 52.0 Å². The molecule has 6 heteroatoms. The van der Waals surface area contributed by atoms with Gasteiger partial charge in [0.05, 0.1) is 11.7 Å². The van der Waals surface area contributed by atoms with Crippen molar-refractivity contribution in [1.82, 2.24) is 25.1 Å². The van der Waals surface area contributed by atoms with Gasteiger partial charge in [-0.3, -0.25) is 9.89 Å². The Morgan fingerprint density at radius 3 is 2.83 bits per heavy atom. The second kappa shape index (κ2) is 5.76. The molecule has 1 amide bonds. The van der Waals surface area contributed by atoms with E-state index in [0.29, 0.717) is 5.69 Å². The normalized spacial score (nSPS) is 18.4. The number of amides is 1. The Bertz CT molecular complexity index is 716. The van der Waals surface area contributed by atoms with Gasteiger partial charge < -0.3 is 4.90 Å². The second-order valence-corrected chi connectivity index (χ2v) is 7.10. The lowest BCUT2D eigenvalue weighted by atomic mass is 9.92. The van der Waals surface area contributed by atoms with E-state index < -0.39 is 0 Å². The molecule has 1 N–H and O–H groups in total. The third-order valence-corrected chi connectivity index (χ3v) is 4.26. The first-order valence-corrected chi connectivity index (χ1v) is 8.02. The lowest BCUT2D eigenvalue weighted by Crippen LogP contribution is -2.31. The van der Waals surface area contributed by atoms with Crippen LogP contribution >= 0.6 is 0 Å². The highest BCUT2D eigenvalue weighted by Crippen LogP contribution is 2.32. The van der Waals surface area contributed by atoms with Gasteiger partial charge in [-0.1, -0.05) is 20.8 Å².